The van der Waals surface area contributed by atoms with Crippen molar-refractivity contribution in [1.82, 2.24) is 20.1 Å². The van der Waals surface area contributed by atoms with E-state index in [1.54, 1.807) is 12.2 Å². The number of benzene rings is 1. The molecule has 3 N–H and O–H groups in total. The molecule has 56 heavy (non-hydrogen) atoms. The third kappa shape index (κ3) is 14.9. The fourth-order valence-electron chi connectivity index (χ4n) is 6.41. The van der Waals surface area contributed by atoms with Crippen molar-refractivity contribution >= 4 is 54.7 Å². The second-order valence-corrected chi connectivity index (χ2v) is 13.6. The number of carbonyl (C=O) groups is 4. The van der Waals surface area contributed by atoms with Crippen LogP contribution in [-0.2, 0) is 23.9 Å². The highest BCUT2D eigenvalue weighted by Gasteiger charge is 2.34. The second-order valence-electron chi connectivity index (χ2n) is 13.6. The van der Waals surface area contributed by atoms with Gasteiger partial charge in [-0.25, -0.2) is 4.99 Å². The summed E-state index contributed by atoms with van der Waals surface area (Å²) in [4.78, 5) is 49.7. The molecule has 0 saturated carbocycles. The Bertz CT molecular complexity index is 1740. The van der Waals surface area contributed by atoms with Gasteiger partial charge >= 0.3 is 0 Å². The number of amidine groups is 1. The molecule has 0 aromatic heterocycles. The minimum absolute atomic E-state index is 0.210. The lowest BCUT2D eigenvalue weighted by atomic mass is 9.93. The van der Waals surface area contributed by atoms with E-state index >= 15 is 0 Å². The number of nitrogens with one attached hydrogen (secondary N) is 3. The number of amides is 4. The normalized spacial score (nSPS) is 17.8. The monoisotopic (exact) mass is 766 g/mol. The second kappa shape index (κ2) is 25.5. The van der Waals surface area contributed by atoms with Gasteiger partial charge in [0.25, 0.3) is 5.91 Å². The standard InChI is InChI=1S/C41H55N7O3.C2H3NO2/c1-5-15-32(2)48-30-38-35(17-14-18-37(38)41(48)50)16-10-6-9-13-26-51-27-22-44-39-28-34(19-20-36(39)33(3)42)21-25-47-24-12-8-7-11-23-46(4)45-40(47)29-43-31-49;4-1-3-2-5/h12,17,19-21,24-25,28-29,31-32,42,44H,5-9,11,13-15,18,22-23,26-27,30H2,1-4H3;1-2H,(H,3,4,5)/b24-12+,25-21+,42-33?,43-29?,45-40-;. The van der Waals surface area contributed by atoms with Gasteiger partial charge in [-0.15, -0.1) is 0 Å². The van der Waals surface area contributed by atoms with Gasteiger partial charge in [-0.1, -0.05) is 49.5 Å². The van der Waals surface area contributed by atoms with E-state index < -0.39 is 0 Å². The van der Waals surface area contributed by atoms with Crippen molar-refractivity contribution in [2.45, 2.75) is 91.0 Å². The molecule has 2 heterocycles. The van der Waals surface area contributed by atoms with Crippen LogP contribution < -0.4 is 10.6 Å². The summed E-state index contributed by atoms with van der Waals surface area (Å²) < 4.78 is 5.92. The Morgan fingerprint density at radius 3 is 2.68 bits per heavy atom. The molecule has 1 atom stereocenters. The van der Waals surface area contributed by atoms with E-state index in [4.69, 9.17) is 19.7 Å². The molecule has 1 unspecified atom stereocenters. The van der Waals surface area contributed by atoms with E-state index in [0.29, 0.717) is 57.1 Å². The topological polar surface area (TPSA) is 160 Å². The van der Waals surface area contributed by atoms with E-state index in [1.807, 2.05) is 58.5 Å². The zero-order valence-electron chi connectivity index (χ0n) is 33.4. The van der Waals surface area contributed by atoms with Crippen LogP contribution in [0.1, 0.15) is 96.1 Å². The van der Waals surface area contributed by atoms with Crippen LogP contribution in [0.4, 0.5) is 5.69 Å². The molecule has 0 saturated heterocycles. The number of allylic oxidation sites excluding steroid dienone is 2. The lowest BCUT2D eigenvalue weighted by Crippen LogP contribution is -2.35. The first-order valence-electron chi connectivity index (χ1n) is 19.5. The van der Waals surface area contributed by atoms with E-state index in [0.717, 1.165) is 104 Å². The number of hydrazone groups is 1. The number of hydrogen-bond donors (Lipinski definition) is 3. The molecule has 300 valence electrons. The van der Waals surface area contributed by atoms with Gasteiger partial charge in [0.1, 0.15) is 0 Å². The first-order valence-corrected chi connectivity index (χ1v) is 19.5. The number of hydrogen-bond acceptors (Lipinski definition) is 10. The maximum Gasteiger partial charge on any atom is 0.250 e. The molecule has 2 aliphatic heterocycles. The Morgan fingerprint density at radius 2 is 1.95 bits per heavy atom. The number of unbranched alkanes of at least 4 members (excludes halogenated alkanes) is 2. The molecule has 0 bridgehead atoms. The van der Waals surface area contributed by atoms with E-state index in [-0.39, 0.29) is 11.9 Å². The number of nitrogens with zero attached hydrogens (tertiary/aromatic N) is 5. The highest BCUT2D eigenvalue weighted by atomic mass is 16.5. The zero-order valence-corrected chi connectivity index (χ0v) is 33.4. The summed E-state index contributed by atoms with van der Waals surface area (Å²) in [5, 5.41) is 20.0. The van der Waals surface area contributed by atoms with E-state index in [1.165, 1.54) is 6.21 Å². The van der Waals surface area contributed by atoms with Crippen molar-refractivity contribution < 1.29 is 23.9 Å². The van der Waals surface area contributed by atoms with Gasteiger partial charge in [-0.2, -0.15) is 5.10 Å². The molecule has 1 aliphatic carbocycles. The Balaban J connectivity index is 0.00000158. The van der Waals surface area contributed by atoms with Crippen molar-refractivity contribution in [3.63, 3.8) is 0 Å². The Hall–Kier alpha value is -5.61. The van der Waals surface area contributed by atoms with Crippen LogP contribution in [0.3, 0.4) is 0 Å². The summed E-state index contributed by atoms with van der Waals surface area (Å²) in [6, 6.07) is 6.23. The Morgan fingerprint density at radius 1 is 1.12 bits per heavy atom. The lowest BCUT2D eigenvalue weighted by Gasteiger charge is -2.24. The van der Waals surface area contributed by atoms with Crippen molar-refractivity contribution in [3.8, 4) is 11.8 Å². The van der Waals surface area contributed by atoms with Crippen molar-refractivity contribution in [3.05, 3.63) is 70.6 Å². The summed E-state index contributed by atoms with van der Waals surface area (Å²) >= 11 is 0. The number of carbonyl (C=O) groups excluding carboxylic acids is 4. The first-order chi connectivity index (χ1) is 27.2. The molecular formula is C43H58N8O5. The first kappa shape index (κ1) is 44.8. The minimum Gasteiger partial charge on any atom is -0.382 e. The van der Waals surface area contributed by atoms with Gasteiger partial charge < -0.3 is 30.6 Å². The smallest absolute Gasteiger partial charge is 0.250 e. The molecule has 0 radical (unpaired) electrons. The van der Waals surface area contributed by atoms with Crippen LogP contribution >= 0.6 is 0 Å². The highest BCUT2D eigenvalue weighted by Crippen LogP contribution is 2.34. The molecule has 13 nitrogen and oxygen atoms in total. The van der Waals surface area contributed by atoms with Crippen LogP contribution in [0.25, 0.3) is 6.08 Å². The number of imide groups is 1. The third-order valence-electron chi connectivity index (χ3n) is 9.31. The summed E-state index contributed by atoms with van der Waals surface area (Å²) in [7, 11) is 1.92. The number of aliphatic imine (C=N–C) groups is 1. The Labute approximate surface area is 332 Å². The fraction of sp³-hybridized carbons (Fsp3) is 0.465. The molecular weight excluding hydrogens is 709 g/mol. The van der Waals surface area contributed by atoms with Gasteiger partial charge in [-0.3, -0.25) is 24.2 Å². The number of ether oxygens (including phenoxy) is 1. The van der Waals surface area contributed by atoms with Gasteiger partial charge in [0.15, 0.2) is 5.84 Å². The summed E-state index contributed by atoms with van der Waals surface area (Å²) in [6.45, 7) is 9.45. The number of rotatable bonds is 18. The van der Waals surface area contributed by atoms with Gasteiger partial charge in [-0.05, 0) is 88.5 Å². The molecule has 13 heteroatoms. The van der Waals surface area contributed by atoms with Crippen LogP contribution in [0, 0.1) is 17.3 Å². The molecule has 0 spiro atoms. The molecule has 3 aliphatic rings. The summed E-state index contributed by atoms with van der Waals surface area (Å²) in [5.74, 6) is 7.46. The van der Waals surface area contributed by atoms with Crippen molar-refractivity contribution in [2.75, 3.05) is 45.2 Å². The average Bonchev–Trinajstić information content (AvgIpc) is 3.54. The van der Waals surface area contributed by atoms with Crippen LogP contribution in [0.5, 0.6) is 0 Å². The van der Waals surface area contributed by atoms with Crippen LogP contribution in [0.2, 0.25) is 0 Å². The summed E-state index contributed by atoms with van der Waals surface area (Å²) in [5.41, 5.74) is 6.32. The Kier molecular flexibility index (Phi) is 20.4. The fourth-order valence-corrected chi connectivity index (χ4v) is 6.41. The predicted molar refractivity (Wildman–Crippen MR) is 224 cm³/mol. The molecule has 4 rings (SSSR count). The molecule has 4 amide bonds. The average molecular weight is 767 g/mol. The summed E-state index contributed by atoms with van der Waals surface area (Å²) in [6.07, 6.45) is 22.3. The lowest BCUT2D eigenvalue weighted by molar-refractivity contribution is -0.127. The largest absolute Gasteiger partial charge is 0.382 e. The zero-order chi connectivity index (χ0) is 40.5. The maximum absolute atomic E-state index is 13.0. The van der Waals surface area contributed by atoms with Crippen LogP contribution in [0.15, 0.2) is 69.6 Å². The highest BCUT2D eigenvalue weighted by molar-refractivity contribution is 6.30. The minimum atomic E-state index is 0.210. The van der Waals surface area contributed by atoms with Gasteiger partial charge in [0.05, 0.1) is 12.8 Å². The molecule has 1 aromatic rings. The van der Waals surface area contributed by atoms with E-state index in [2.05, 4.69) is 53.3 Å². The maximum atomic E-state index is 13.0. The SMILES string of the molecule is CCCC(C)N1CC2=C(CCC=C2C#CCCCCOCCNc2cc(/C=C/N3/C=C/CCCCN(C)/N=C\3C=NC=O)ccc2C(C)=N)C1=O.O=CNC=O. The van der Waals surface area contributed by atoms with Crippen molar-refractivity contribution in [2.24, 2.45) is 10.1 Å². The van der Waals surface area contributed by atoms with E-state index in [9.17, 15) is 9.59 Å². The van der Waals surface area contributed by atoms with Crippen molar-refractivity contribution in [1.29, 1.82) is 5.41 Å². The number of anilines is 1. The van der Waals surface area contributed by atoms with Gasteiger partial charge in [0, 0.05) is 86.3 Å². The predicted octanol–water partition coefficient (Wildman–Crippen LogP) is 6.06. The van der Waals surface area contributed by atoms with Gasteiger partial charge in [0.2, 0.25) is 19.2 Å². The van der Waals surface area contributed by atoms with Crippen LogP contribution in [-0.4, -0.2) is 104 Å². The molecule has 1 aromatic carbocycles. The molecule has 0 fully saturated rings. The quantitative estimate of drug-likeness (QED) is 0.0705. The third-order valence-corrected chi connectivity index (χ3v) is 9.31.